The molecule has 2 N–H and O–H groups in total. The minimum atomic E-state index is -0.354. The molecule has 0 aliphatic carbocycles. The first-order chi connectivity index (χ1) is 8.56. The molecule has 0 unspecified atom stereocenters. The van der Waals surface area contributed by atoms with Gasteiger partial charge in [-0.3, -0.25) is 14.5 Å². The van der Waals surface area contributed by atoms with E-state index in [-0.39, 0.29) is 23.3 Å². The van der Waals surface area contributed by atoms with Crippen molar-refractivity contribution in [1.82, 2.24) is 14.8 Å². The summed E-state index contributed by atoms with van der Waals surface area (Å²) >= 11 is 0. The third-order valence-electron chi connectivity index (χ3n) is 2.37. The molecule has 2 aromatic rings. The highest BCUT2D eigenvalue weighted by Gasteiger charge is 2.09. The van der Waals surface area contributed by atoms with Crippen LogP contribution in [0.4, 0.5) is 5.82 Å². The average Bonchev–Trinajstić information content (AvgIpc) is 2.77. The summed E-state index contributed by atoms with van der Waals surface area (Å²) in [5.74, 6) is 0.0693. The Morgan fingerprint density at radius 1 is 1.44 bits per heavy atom. The number of rotatable bonds is 3. The van der Waals surface area contributed by atoms with Crippen molar-refractivity contribution >= 4 is 11.7 Å². The fourth-order valence-corrected chi connectivity index (χ4v) is 1.43. The van der Waals surface area contributed by atoms with Crippen LogP contribution in [-0.4, -0.2) is 25.8 Å². The Balaban J connectivity index is 2.11. The Morgan fingerprint density at radius 3 is 2.83 bits per heavy atom. The van der Waals surface area contributed by atoms with Gasteiger partial charge in [0, 0.05) is 24.5 Å². The van der Waals surface area contributed by atoms with Crippen LogP contribution >= 0.6 is 0 Å². The zero-order valence-corrected chi connectivity index (χ0v) is 10.2. The number of aromatic hydroxyl groups is 1. The van der Waals surface area contributed by atoms with E-state index in [0.717, 1.165) is 0 Å². The second-order valence-corrected chi connectivity index (χ2v) is 4.16. The highest BCUT2D eigenvalue weighted by atomic mass is 16.3. The fraction of sp³-hybridized carbons (Fsp3) is 0.250. The Morgan fingerprint density at radius 2 is 2.22 bits per heavy atom. The molecule has 2 aromatic heterocycles. The van der Waals surface area contributed by atoms with Gasteiger partial charge in [-0.2, -0.15) is 5.10 Å². The van der Waals surface area contributed by atoms with Crippen molar-refractivity contribution in [2.75, 3.05) is 5.32 Å². The van der Waals surface area contributed by atoms with Crippen molar-refractivity contribution in [3.05, 3.63) is 36.3 Å². The summed E-state index contributed by atoms with van der Waals surface area (Å²) in [6, 6.07) is 3.30. The molecule has 0 aliphatic rings. The predicted octanol–water partition coefficient (Wildman–Crippen LogP) is 1.82. The van der Waals surface area contributed by atoms with Gasteiger partial charge in [0.15, 0.2) is 5.82 Å². The molecule has 1 amide bonds. The van der Waals surface area contributed by atoms with Gasteiger partial charge in [0.25, 0.3) is 5.91 Å². The van der Waals surface area contributed by atoms with E-state index in [1.165, 1.54) is 18.5 Å². The van der Waals surface area contributed by atoms with E-state index in [1.807, 2.05) is 13.8 Å². The van der Waals surface area contributed by atoms with E-state index in [9.17, 15) is 9.90 Å². The van der Waals surface area contributed by atoms with Gasteiger partial charge in [0.2, 0.25) is 0 Å². The van der Waals surface area contributed by atoms with Crippen LogP contribution in [0, 0.1) is 0 Å². The van der Waals surface area contributed by atoms with Crippen molar-refractivity contribution in [2.24, 2.45) is 0 Å². The third-order valence-corrected chi connectivity index (χ3v) is 2.37. The summed E-state index contributed by atoms with van der Waals surface area (Å²) in [4.78, 5) is 15.6. The lowest BCUT2D eigenvalue weighted by Crippen LogP contribution is -2.13. The van der Waals surface area contributed by atoms with E-state index in [1.54, 1.807) is 16.9 Å². The van der Waals surface area contributed by atoms with E-state index in [4.69, 9.17) is 0 Å². The summed E-state index contributed by atoms with van der Waals surface area (Å²) in [5, 5.41) is 16.1. The fourth-order valence-electron chi connectivity index (χ4n) is 1.43. The monoisotopic (exact) mass is 246 g/mol. The lowest BCUT2D eigenvalue weighted by atomic mass is 10.2. The van der Waals surface area contributed by atoms with Gasteiger partial charge >= 0.3 is 0 Å². The van der Waals surface area contributed by atoms with Crippen LogP contribution < -0.4 is 5.32 Å². The molecule has 0 spiro atoms. The van der Waals surface area contributed by atoms with Crippen LogP contribution in [0.3, 0.4) is 0 Å². The number of nitrogens with one attached hydrogen (secondary N) is 1. The zero-order valence-electron chi connectivity index (χ0n) is 10.2. The number of carbonyl (C=O) groups is 1. The molecule has 0 atom stereocenters. The molecular formula is C12H14N4O2. The normalized spacial score (nSPS) is 10.6. The molecular weight excluding hydrogens is 232 g/mol. The maximum Gasteiger partial charge on any atom is 0.258 e. The molecule has 18 heavy (non-hydrogen) atoms. The quantitative estimate of drug-likeness (QED) is 0.865. The highest BCUT2D eigenvalue weighted by molar-refractivity contribution is 6.03. The maximum atomic E-state index is 11.8. The summed E-state index contributed by atoms with van der Waals surface area (Å²) in [6.45, 7) is 4.00. The lowest BCUT2D eigenvalue weighted by Gasteiger charge is -2.04. The zero-order chi connectivity index (χ0) is 13.1. The van der Waals surface area contributed by atoms with Crippen LogP contribution in [0.2, 0.25) is 0 Å². The van der Waals surface area contributed by atoms with Crippen molar-refractivity contribution < 1.29 is 9.90 Å². The summed E-state index contributed by atoms with van der Waals surface area (Å²) in [6.07, 6.45) is 4.44. The van der Waals surface area contributed by atoms with Gasteiger partial charge in [-0.1, -0.05) is 0 Å². The number of carbonyl (C=O) groups excluding carboxylic acids is 1. The molecule has 2 heterocycles. The minimum Gasteiger partial charge on any atom is -0.506 e. The summed E-state index contributed by atoms with van der Waals surface area (Å²) in [7, 11) is 0. The number of anilines is 1. The molecule has 0 aliphatic heterocycles. The van der Waals surface area contributed by atoms with Crippen molar-refractivity contribution in [3.8, 4) is 5.75 Å². The second-order valence-electron chi connectivity index (χ2n) is 4.16. The van der Waals surface area contributed by atoms with E-state index in [2.05, 4.69) is 15.4 Å². The second kappa shape index (κ2) is 4.87. The third kappa shape index (κ3) is 2.65. The summed E-state index contributed by atoms with van der Waals surface area (Å²) in [5.41, 5.74) is 0.286. The van der Waals surface area contributed by atoms with Crippen molar-refractivity contribution in [3.63, 3.8) is 0 Å². The molecule has 6 nitrogen and oxygen atoms in total. The first-order valence-corrected chi connectivity index (χ1v) is 5.57. The number of nitrogens with zero attached hydrogens (tertiary/aromatic N) is 3. The van der Waals surface area contributed by atoms with Crippen LogP contribution in [0.5, 0.6) is 5.75 Å². The molecule has 0 fully saturated rings. The topological polar surface area (TPSA) is 80.0 Å². The van der Waals surface area contributed by atoms with E-state index >= 15 is 0 Å². The molecule has 94 valence electrons. The Labute approximate surface area is 104 Å². The van der Waals surface area contributed by atoms with Crippen LogP contribution in [0.25, 0.3) is 0 Å². The predicted molar refractivity (Wildman–Crippen MR) is 66.5 cm³/mol. The largest absolute Gasteiger partial charge is 0.506 e. The summed E-state index contributed by atoms with van der Waals surface area (Å²) < 4.78 is 1.75. The lowest BCUT2D eigenvalue weighted by molar-refractivity contribution is 0.102. The first kappa shape index (κ1) is 12.1. The van der Waals surface area contributed by atoms with Crippen LogP contribution in [0.1, 0.15) is 30.2 Å². The first-order valence-electron chi connectivity index (χ1n) is 5.57. The smallest absolute Gasteiger partial charge is 0.258 e. The Hall–Kier alpha value is -2.37. The number of pyridine rings is 1. The average molecular weight is 246 g/mol. The maximum absolute atomic E-state index is 11.8. The SMILES string of the molecule is CC(C)n1ccc(NC(=O)c2cncc(O)c2)n1. The Kier molecular flexibility index (Phi) is 3.27. The minimum absolute atomic E-state index is 0.0460. The van der Waals surface area contributed by atoms with Gasteiger partial charge in [0.05, 0.1) is 11.8 Å². The van der Waals surface area contributed by atoms with Gasteiger partial charge in [-0.15, -0.1) is 0 Å². The van der Waals surface area contributed by atoms with E-state index < -0.39 is 0 Å². The number of aromatic nitrogens is 3. The number of hydrogen-bond donors (Lipinski definition) is 2. The van der Waals surface area contributed by atoms with Crippen LogP contribution in [-0.2, 0) is 0 Å². The van der Waals surface area contributed by atoms with Gasteiger partial charge in [-0.25, -0.2) is 0 Å². The molecule has 0 saturated heterocycles. The number of hydrogen-bond acceptors (Lipinski definition) is 4. The molecule has 0 aromatic carbocycles. The highest BCUT2D eigenvalue weighted by Crippen LogP contribution is 2.12. The standard InChI is InChI=1S/C12H14N4O2/c1-8(2)16-4-3-11(15-16)14-12(18)9-5-10(17)7-13-6-9/h3-8,17H,1-2H3,(H,14,15,18). The number of amides is 1. The van der Waals surface area contributed by atoms with Crippen LogP contribution in [0.15, 0.2) is 30.7 Å². The molecule has 2 rings (SSSR count). The van der Waals surface area contributed by atoms with Crippen molar-refractivity contribution in [2.45, 2.75) is 19.9 Å². The molecule has 0 radical (unpaired) electrons. The molecule has 6 heteroatoms. The van der Waals surface area contributed by atoms with Gasteiger partial charge in [-0.05, 0) is 19.9 Å². The van der Waals surface area contributed by atoms with Crippen molar-refractivity contribution in [1.29, 1.82) is 0 Å². The Bertz CT molecular complexity index is 563. The van der Waals surface area contributed by atoms with Gasteiger partial charge < -0.3 is 10.4 Å². The molecule has 0 bridgehead atoms. The molecule has 0 saturated carbocycles. The van der Waals surface area contributed by atoms with E-state index in [0.29, 0.717) is 5.82 Å². The van der Waals surface area contributed by atoms with Gasteiger partial charge in [0.1, 0.15) is 5.75 Å².